The summed E-state index contributed by atoms with van der Waals surface area (Å²) in [5, 5.41) is 5.12. The van der Waals surface area contributed by atoms with E-state index < -0.39 is 11.8 Å². The first-order valence-corrected chi connectivity index (χ1v) is 10.7. The Labute approximate surface area is 194 Å². The molecule has 0 saturated carbocycles. The molecule has 0 heterocycles. The zero-order chi connectivity index (χ0) is 23.0. The van der Waals surface area contributed by atoms with Crippen molar-refractivity contribution in [2.45, 2.75) is 33.3 Å². The fourth-order valence-electron chi connectivity index (χ4n) is 2.34. The van der Waals surface area contributed by atoms with Crippen molar-refractivity contribution >= 4 is 56.7 Å². The third kappa shape index (κ3) is 7.65. The van der Waals surface area contributed by atoms with Gasteiger partial charge in [-0.3, -0.25) is 30.6 Å². The Morgan fingerprint density at radius 3 is 2.23 bits per heavy atom. The van der Waals surface area contributed by atoms with Crippen LogP contribution in [0, 0.1) is 0 Å². The number of amides is 3. The maximum absolute atomic E-state index is 12.4. The molecule has 2 rings (SSSR count). The number of halogens is 1. The number of carbonyl (C=O) groups excluding carboxylic acids is 3. The first-order valence-electron chi connectivity index (χ1n) is 9.47. The number of carbonyl (C=O) groups is 3. The fraction of sp³-hybridized carbons (Fsp3) is 0.238. The lowest BCUT2D eigenvalue weighted by Crippen LogP contribution is -2.48. The van der Waals surface area contributed by atoms with Crippen LogP contribution in [-0.4, -0.2) is 28.9 Å². The van der Waals surface area contributed by atoms with E-state index in [0.717, 1.165) is 0 Å². The maximum Gasteiger partial charge on any atom is 0.269 e. The normalized spacial score (nSPS) is 10.2. The van der Waals surface area contributed by atoms with Crippen LogP contribution in [0.15, 0.2) is 46.9 Å². The second-order valence-corrected chi connectivity index (χ2v) is 7.92. The van der Waals surface area contributed by atoms with Crippen molar-refractivity contribution in [3.05, 3.63) is 58.1 Å². The highest BCUT2D eigenvalue weighted by atomic mass is 79.9. The average Bonchev–Trinajstić information content (AvgIpc) is 2.73. The zero-order valence-corrected chi connectivity index (χ0v) is 19.6. The predicted molar refractivity (Wildman–Crippen MR) is 126 cm³/mol. The van der Waals surface area contributed by atoms with Crippen LogP contribution in [-0.2, 0) is 4.79 Å². The van der Waals surface area contributed by atoms with Gasteiger partial charge in [-0.15, -0.1) is 0 Å². The topological polar surface area (TPSA) is 109 Å². The van der Waals surface area contributed by atoms with Gasteiger partial charge in [-0.2, -0.15) is 0 Å². The van der Waals surface area contributed by atoms with E-state index in [-0.39, 0.29) is 17.1 Å². The molecule has 8 nitrogen and oxygen atoms in total. The summed E-state index contributed by atoms with van der Waals surface area (Å²) in [5.74, 6) is -0.392. The molecule has 2 aromatic carbocycles. The SMILES string of the molecule is CCC(=O)Nc1ccc(C(=O)NNC(=S)NC(=O)c2ccc(OC(C)C)c(Br)c2)cc1. The van der Waals surface area contributed by atoms with Gasteiger partial charge in [-0.25, -0.2) is 0 Å². The summed E-state index contributed by atoms with van der Waals surface area (Å²) in [7, 11) is 0. The van der Waals surface area contributed by atoms with Crippen LogP contribution in [0.4, 0.5) is 5.69 Å². The molecule has 0 aromatic heterocycles. The molecular weight excluding hydrogens is 484 g/mol. The van der Waals surface area contributed by atoms with Gasteiger partial charge in [0, 0.05) is 23.2 Å². The lowest BCUT2D eigenvalue weighted by Gasteiger charge is -2.13. The number of anilines is 1. The van der Waals surface area contributed by atoms with Gasteiger partial charge in [0.2, 0.25) is 5.91 Å². The first kappa shape index (κ1) is 24.3. The first-order chi connectivity index (χ1) is 14.7. The third-order valence-electron chi connectivity index (χ3n) is 3.83. The number of nitrogens with one attached hydrogen (secondary N) is 4. The Kier molecular flexibility index (Phi) is 8.95. The molecule has 0 fully saturated rings. The summed E-state index contributed by atoms with van der Waals surface area (Å²) in [5.41, 5.74) is 6.20. The van der Waals surface area contributed by atoms with Crippen molar-refractivity contribution in [1.82, 2.24) is 16.2 Å². The average molecular weight is 507 g/mol. The van der Waals surface area contributed by atoms with E-state index in [0.29, 0.717) is 33.5 Å². The molecule has 0 radical (unpaired) electrons. The van der Waals surface area contributed by atoms with Gasteiger partial charge < -0.3 is 10.1 Å². The largest absolute Gasteiger partial charge is 0.490 e. The van der Waals surface area contributed by atoms with Gasteiger partial charge in [0.1, 0.15) is 5.75 Å². The van der Waals surface area contributed by atoms with Crippen LogP contribution in [0.25, 0.3) is 0 Å². The van der Waals surface area contributed by atoms with Gasteiger partial charge in [-0.05, 0) is 84.5 Å². The van der Waals surface area contributed by atoms with Gasteiger partial charge in [-0.1, -0.05) is 6.92 Å². The van der Waals surface area contributed by atoms with E-state index in [4.69, 9.17) is 17.0 Å². The minimum atomic E-state index is -0.456. The van der Waals surface area contributed by atoms with Crippen molar-refractivity contribution in [3.8, 4) is 5.75 Å². The van der Waals surface area contributed by atoms with Gasteiger partial charge in [0.25, 0.3) is 11.8 Å². The summed E-state index contributed by atoms with van der Waals surface area (Å²) >= 11 is 8.43. The summed E-state index contributed by atoms with van der Waals surface area (Å²) < 4.78 is 6.25. The molecule has 10 heteroatoms. The Morgan fingerprint density at radius 2 is 1.65 bits per heavy atom. The molecule has 0 saturated heterocycles. The van der Waals surface area contributed by atoms with Crippen molar-refractivity contribution in [2.24, 2.45) is 0 Å². The number of rotatable bonds is 6. The summed E-state index contributed by atoms with van der Waals surface area (Å²) in [6.45, 7) is 5.56. The highest BCUT2D eigenvalue weighted by molar-refractivity contribution is 9.10. The monoisotopic (exact) mass is 506 g/mol. The van der Waals surface area contributed by atoms with Crippen LogP contribution >= 0.6 is 28.1 Å². The Bertz CT molecular complexity index is 980. The summed E-state index contributed by atoms with van der Waals surface area (Å²) in [6, 6.07) is 11.3. The predicted octanol–water partition coefficient (Wildman–Crippen LogP) is 3.53. The molecule has 3 amide bonds. The number of hydrogen-bond donors (Lipinski definition) is 4. The lowest BCUT2D eigenvalue weighted by molar-refractivity contribution is -0.115. The van der Waals surface area contributed by atoms with Gasteiger partial charge in [0.05, 0.1) is 10.6 Å². The second-order valence-electron chi connectivity index (χ2n) is 6.65. The molecule has 0 aliphatic heterocycles. The molecule has 4 N–H and O–H groups in total. The number of thiocarbonyl (C=S) groups is 1. The number of ether oxygens (including phenoxy) is 1. The summed E-state index contributed by atoms with van der Waals surface area (Å²) in [6.07, 6.45) is 0.366. The van der Waals surface area contributed by atoms with Crippen LogP contribution < -0.4 is 26.2 Å². The van der Waals surface area contributed by atoms with E-state index in [1.54, 1.807) is 49.4 Å². The van der Waals surface area contributed by atoms with Crippen molar-refractivity contribution < 1.29 is 19.1 Å². The third-order valence-corrected chi connectivity index (χ3v) is 4.65. The number of benzene rings is 2. The molecule has 0 spiro atoms. The Morgan fingerprint density at radius 1 is 1.00 bits per heavy atom. The lowest BCUT2D eigenvalue weighted by atomic mass is 10.2. The van der Waals surface area contributed by atoms with Crippen LogP contribution in [0.3, 0.4) is 0 Å². The minimum Gasteiger partial charge on any atom is -0.490 e. The van der Waals surface area contributed by atoms with Crippen LogP contribution in [0.5, 0.6) is 5.75 Å². The molecule has 164 valence electrons. The highest BCUT2D eigenvalue weighted by Gasteiger charge is 2.12. The zero-order valence-electron chi connectivity index (χ0n) is 17.2. The van der Waals surface area contributed by atoms with E-state index >= 15 is 0 Å². The van der Waals surface area contributed by atoms with Gasteiger partial charge in [0.15, 0.2) is 5.11 Å². The molecular formula is C21H23BrN4O4S. The quantitative estimate of drug-likeness (QED) is 0.352. The molecule has 0 aliphatic carbocycles. The highest BCUT2D eigenvalue weighted by Crippen LogP contribution is 2.26. The van der Waals surface area contributed by atoms with E-state index in [9.17, 15) is 14.4 Å². The molecule has 0 aliphatic rings. The number of hydrogen-bond acceptors (Lipinski definition) is 5. The fourth-order valence-corrected chi connectivity index (χ4v) is 2.95. The van der Waals surface area contributed by atoms with Crippen LogP contribution in [0.2, 0.25) is 0 Å². The Balaban J connectivity index is 1.87. The summed E-state index contributed by atoms with van der Waals surface area (Å²) in [4.78, 5) is 36.0. The molecule has 0 atom stereocenters. The van der Waals surface area contributed by atoms with E-state index in [1.165, 1.54) is 0 Å². The minimum absolute atomic E-state index is 0.00247. The molecule has 0 bridgehead atoms. The molecule has 31 heavy (non-hydrogen) atoms. The van der Waals surface area contributed by atoms with Crippen molar-refractivity contribution in [1.29, 1.82) is 0 Å². The van der Waals surface area contributed by atoms with E-state index in [2.05, 4.69) is 37.4 Å². The van der Waals surface area contributed by atoms with E-state index in [1.807, 2.05) is 13.8 Å². The molecule has 2 aromatic rings. The second kappa shape index (κ2) is 11.4. The molecule has 0 unspecified atom stereocenters. The maximum atomic E-state index is 12.4. The number of hydrazine groups is 1. The van der Waals surface area contributed by atoms with Gasteiger partial charge >= 0.3 is 0 Å². The van der Waals surface area contributed by atoms with Crippen molar-refractivity contribution in [2.75, 3.05) is 5.32 Å². The Hall–Kier alpha value is -2.98. The van der Waals surface area contributed by atoms with Crippen molar-refractivity contribution in [3.63, 3.8) is 0 Å². The standard InChI is InChI=1S/C21H23BrN4O4S/c1-4-18(27)23-15-8-5-13(6-9-15)20(29)25-26-21(31)24-19(28)14-7-10-17(16(22)11-14)30-12(2)3/h5-12H,4H2,1-3H3,(H,23,27)(H,25,29)(H2,24,26,28,31). The van der Waals surface area contributed by atoms with Crippen LogP contribution in [0.1, 0.15) is 47.9 Å². The smallest absolute Gasteiger partial charge is 0.269 e.